The summed E-state index contributed by atoms with van der Waals surface area (Å²) in [6, 6.07) is 22.3. The second kappa shape index (κ2) is 9.89. The van der Waals surface area contributed by atoms with Gasteiger partial charge in [0, 0.05) is 35.4 Å². The summed E-state index contributed by atoms with van der Waals surface area (Å²) < 4.78 is 38.9. The molecule has 0 bridgehead atoms. The Hall–Kier alpha value is -4.46. The molecule has 2 heterocycles. The lowest BCUT2D eigenvalue weighted by Gasteiger charge is -2.18. The van der Waals surface area contributed by atoms with Crippen molar-refractivity contribution >= 4 is 23.2 Å². The number of alkyl halides is 3. The van der Waals surface area contributed by atoms with E-state index in [0.29, 0.717) is 41.0 Å². The molecule has 8 heteroatoms. The minimum atomic E-state index is -4.43. The third kappa shape index (κ3) is 5.23. The number of benzene rings is 3. The van der Waals surface area contributed by atoms with Gasteiger partial charge in [0.2, 0.25) is 5.91 Å². The Morgan fingerprint density at radius 2 is 1.68 bits per heavy atom. The van der Waals surface area contributed by atoms with E-state index in [0.717, 1.165) is 23.4 Å². The zero-order chi connectivity index (χ0) is 26.0. The van der Waals surface area contributed by atoms with Crippen LogP contribution in [0.2, 0.25) is 0 Å². The van der Waals surface area contributed by atoms with Gasteiger partial charge in [-0.25, -0.2) is 0 Å². The maximum Gasteiger partial charge on any atom is 0.416 e. The highest BCUT2D eigenvalue weighted by molar-refractivity contribution is 6.09. The molecule has 2 amide bonds. The molecule has 0 radical (unpaired) electrons. The fourth-order valence-electron chi connectivity index (χ4n) is 4.44. The Kier molecular flexibility index (Phi) is 6.48. The van der Waals surface area contributed by atoms with E-state index < -0.39 is 17.6 Å². The quantitative estimate of drug-likeness (QED) is 0.357. The van der Waals surface area contributed by atoms with Crippen LogP contribution in [0.1, 0.15) is 27.2 Å². The van der Waals surface area contributed by atoms with Crippen LogP contribution in [0.25, 0.3) is 11.1 Å². The van der Waals surface area contributed by atoms with Crippen LogP contribution in [0.5, 0.6) is 0 Å². The second-order valence-electron chi connectivity index (χ2n) is 8.71. The average Bonchev–Trinajstić information content (AvgIpc) is 3.32. The number of pyridine rings is 1. The molecule has 1 N–H and O–H groups in total. The number of halogens is 3. The Morgan fingerprint density at radius 3 is 2.41 bits per heavy atom. The number of rotatable bonds is 5. The first kappa shape index (κ1) is 24.2. The lowest BCUT2D eigenvalue weighted by molar-refractivity contribution is -0.137. The molecular weight excluding hydrogens is 479 g/mol. The van der Waals surface area contributed by atoms with E-state index >= 15 is 0 Å². The van der Waals surface area contributed by atoms with Gasteiger partial charge in [-0.3, -0.25) is 14.6 Å². The first-order chi connectivity index (χ1) is 17.8. The summed E-state index contributed by atoms with van der Waals surface area (Å²) in [6.45, 7) is 0.551. The van der Waals surface area contributed by atoms with Crippen LogP contribution < -0.4 is 10.2 Å². The number of fused-ring (bicyclic) bond motifs is 1. The molecule has 37 heavy (non-hydrogen) atoms. The van der Waals surface area contributed by atoms with Gasteiger partial charge in [-0.05, 0) is 65.6 Å². The molecule has 0 aliphatic carbocycles. The third-order valence-electron chi connectivity index (χ3n) is 6.29. The molecule has 0 saturated carbocycles. The number of aromatic nitrogens is 1. The van der Waals surface area contributed by atoms with Crippen molar-refractivity contribution in [2.45, 2.75) is 19.0 Å². The summed E-state index contributed by atoms with van der Waals surface area (Å²) in [4.78, 5) is 32.1. The first-order valence-electron chi connectivity index (χ1n) is 11.7. The van der Waals surface area contributed by atoms with Crippen LogP contribution in [-0.2, 0) is 23.8 Å². The second-order valence-corrected chi connectivity index (χ2v) is 8.71. The van der Waals surface area contributed by atoms with E-state index in [9.17, 15) is 22.8 Å². The van der Waals surface area contributed by atoms with Crippen molar-refractivity contribution in [3.8, 4) is 11.1 Å². The van der Waals surface area contributed by atoms with Crippen LogP contribution in [-0.4, -0.2) is 23.3 Å². The Balaban J connectivity index is 1.36. The number of nitrogens with zero attached hydrogens (tertiary/aromatic N) is 2. The third-order valence-corrected chi connectivity index (χ3v) is 6.29. The fraction of sp³-hybridized carbons (Fsp3) is 0.138. The molecule has 0 unspecified atom stereocenters. The minimum Gasteiger partial charge on any atom is -0.322 e. The maximum atomic E-state index is 13.2. The van der Waals surface area contributed by atoms with Gasteiger partial charge in [0.05, 0.1) is 12.0 Å². The van der Waals surface area contributed by atoms with Crippen LogP contribution in [0, 0.1) is 0 Å². The van der Waals surface area contributed by atoms with E-state index in [1.807, 2.05) is 12.1 Å². The molecule has 5 rings (SSSR count). The summed E-state index contributed by atoms with van der Waals surface area (Å²) in [7, 11) is 0. The number of nitrogens with one attached hydrogen (secondary N) is 1. The van der Waals surface area contributed by atoms with E-state index in [4.69, 9.17) is 0 Å². The highest BCUT2D eigenvalue weighted by Crippen LogP contribution is 2.34. The summed E-state index contributed by atoms with van der Waals surface area (Å²) in [5.74, 6) is -0.478. The molecule has 1 aliphatic heterocycles. The molecule has 1 aliphatic rings. The van der Waals surface area contributed by atoms with Crippen molar-refractivity contribution in [1.29, 1.82) is 0 Å². The maximum absolute atomic E-state index is 13.2. The molecule has 0 saturated heterocycles. The van der Waals surface area contributed by atoms with Crippen molar-refractivity contribution < 1.29 is 22.8 Å². The lowest BCUT2D eigenvalue weighted by Crippen LogP contribution is -2.30. The smallest absolute Gasteiger partial charge is 0.322 e. The largest absolute Gasteiger partial charge is 0.416 e. The highest BCUT2D eigenvalue weighted by atomic mass is 19.4. The van der Waals surface area contributed by atoms with Gasteiger partial charge in [-0.2, -0.15) is 13.2 Å². The fourth-order valence-corrected chi connectivity index (χ4v) is 4.44. The standard InChI is InChI=1S/C29H22F3N3O2/c30-29(31,32)21-11-8-19(9-12-21)24-6-1-2-7-25(24)28(37)34-23-13-10-20-14-16-35(26(20)17-23)27(36)18-22-5-3-4-15-33-22/h1-13,15,17H,14,16,18H2,(H,34,37). The summed E-state index contributed by atoms with van der Waals surface area (Å²) in [5.41, 5.74) is 3.55. The van der Waals surface area contributed by atoms with Gasteiger partial charge in [-0.1, -0.05) is 42.5 Å². The van der Waals surface area contributed by atoms with Crippen molar-refractivity contribution in [3.05, 3.63) is 114 Å². The zero-order valence-electron chi connectivity index (χ0n) is 19.6. The number of hydrogen-bond acceptors (Lipinski definition) is 3. The topological polar surface area (TPSA) is 62.3 Å². The van der Waals surface area contributed by atoms with Gasteiger partial charge in [-0.15, -0.1) is 0 Å². The molecule has 3 aromatic carbocycles. The number of amides is 2. The van der Waals surface area contributed by atoms with Gasteiger partial charge >= 0.3 is 6.18 Å². The first-order valence-corrected chi connectivity index (χ1v) is 11.7. The summed E-state index contributed by atoms with van der Waals surface area (Å²) >= 11 is 0. The molecule has 0 fully saturated rings. The Morgan fingerprint density at radius 1 is 0.919 bits per heavy atom. The van der Waals surface area contributed by atoms with E-state index in [1.54, 1.807) is 59.6 Å². The van der Waals surface area contributed by atoms with Crippen LogP contribution in [0.15, 0.2) is 91.1 Å². The summed E-state index contributed by atoms with van der Waals surface area (Å²) in [6.07, 6.45) is -1.89. The average molecular weight is 502 g/mol. The molecule has 0 spiro atoms. The lowest BCUT2D eigenvalue weighted by atomic mass is 9.98. The predicted octanol–water partition coefficient (Wildman–Crippen LogP) is 6.15. The highest BCUT2D eigenvalue weighted by Gasteiger charge is 2.30. The Labute approximate surface area is 211 Å². The number of anilines is 2. The predicted molar refractivity (Wildman–Crippen MR) is 135 cm³/mol. The monoisotopic (exact) mass is 501 g/mol. The van der Waals surface area contributed by atoms with Crippen LogP contribution in [0.4, 0.5) is 24.5 Å². The normalized spacial score (nSPS) is 12.8. The van der Waals surface area contributed by atoms with Gasteiger partial charge in [0.25, 0.3) is 5.91 Å². The van der Waals surface area contributed by atoms with Crippen LogP contribution in [0.3, 0.4) is 0 Å². The molecule has 4 aromatic rings. The SMILES string of the molecule is O=C(Nc1ccc2c(c1)N(C(=O)Cc1ccccn1)CC2)c1ccccc1-c1ccc(C(F)(F)F)cc1. The van der Waals surface area contributed by atoms with E-state index in [2.05, 4.69) is 10.3 Å². The zero-order valence-corrected chi connectivity index (χ0v) is 19.6. The van der Waals surface area contributed by atoms with Gasteiger partial charge in [0.1, 0.15) is 0 Å². The molecule has 1 aromatic heterocycles. The molecule has 186 valence electrons. The summed E-state index contributed by atoms with van der Waals surface area (Å²) in [5, 5.41) is 2.87. The minimum absolute atomic E-state index is 0.0754. The van der Waals surface area contributed by atoms with Crippen molar-refractivity contribution in [1.82, 2.24) is 4.98 Å². The van der Waals surface area contributed by atoms with E-state index in [1.165, 1.54) is 12.1 Å². The van der Waals surface area contributed by atoms with Crippen molar-refractivity contribution in [2.75, 3.05) is 16.8 Å². The number of carbonyl (C=O) groups is 2. The number of carbonyl (C=O) groups excluding carboxylic acids is 2. The van der Waals surface area contributed by atoms with Crippen molar-refractivity contribution in [2.24, 2.45) is 0 Å². The molecule has 0 atom stereocenters. The van der Waals surface area contributed by atoms with Gasteiger partial charge < -0.3 is 10.2 Å². The molecular formula is C29H22F3N3O2. The van der Waals surface area contributed by atoms with Crippen molar-refractivity contribution in [3.63, 3.8) is 0 Å². The Bertz CT molecular complexity index is 1450. The number of hydrogen-bond donors (Lipinski definition) is 1. The van der Waals surface area contributed by atoms with E-state index in [-0.39, 0.29) is 12.3 Å². The van der Waals surface area contributed by atoms with Crippen LogP contribution >= 0.6 is 0 Å². The van der Waals surface area contributed by atoms with Gasteiger partial charge in [0.15, 0.2) is 0 Å². The molecule has 5 nitrogen and oxygen atoms in total.